The molecule has 23 heavy (non-hydrogen) atoms. The number of allylic oxidation sites excluding steroid dienone is 1. The molecule has 1 aromatic carbocycles. The average Bonchev–Trinajstić information content (AvgIpc) is 2.55. The molecular formula is C16H22N6O. The molecule has 0 aliphatic heterocycles. The first-order chi connectivity index (χ1) is 11.0. The fraction of sp³-hybridized carbons (Fsp3) is 0.250. The molecule has 7 heteroatoms. The summed E-state index contributed by atoms with van der Waals surface area (Å²) in [6.07, 6.45) is 1.67. The van der Waals surface area contributed by atoms with Crippen molar-refractivity contribution >= 4 is 5.82 Å². The molecule has 0 saturated carbocycles. The van der Waals surface area contributed by atoms with Gasteiger partial charge in [-0.15, -0.1) is 0 Å². The molecule has 0 unspecified atom stereocenters. The minimum atomic E-state index is 0.253. The van der Waals surface area contributed by atoms with Crippen LogP contribution in [-0.4, -0.2) is 21.6 Å². The van der Waals surface area contributed by atoms with Crippen molar-refractivity contribution in [1.29, 1.82) is 0 Å². The lowest BCUT2D eigenvalue weighted by Gasteiger charge is -2.22. The highest BCUT2D eigenvalue weighted by Gasteiger charge is 2.10. The lowest BCUT2D eigenvalue weighted by Crippen LogP contribution is -2.32. The Bertz CT molecular complexity index is 686. The average molecular weight is 314 g/mol. The zero-order valence-corrected chi connectivity index (χ0v) is 13.4. The van der Waals surface area contributed by atoms with Gasteiger partial charge in [-0.05, 0) is 26.0 Å². The van der Waals surface area contributed by atoms with Crippen molar-refractivity contribution in [2.24, 2.45) is 11.6 Å². The number of nitrogens with two attached hydrogens (primary N) is 3. The van der Waals surface area contributed by atoms with Crippen molar-refractivity contribution in [1.82, 2.24) is 15.0 Å². The summed E-state index contributed by atoms with van der Waals surface area (Å²) in [5.41, 5.74) is 13.9. The first-order valence-electron chi connectivity index (χ1n) is 7.20. The molecule has 7 nitrogen and oxygen atoms in total. The first kappa shape index (κ1) is 16.6. The molecule has 0 radical (unpaired) electrons. The van der Waals surface area contributed by atoms with Gasteiger partial charge in [0.1, 0.15) is 24.0 Å². The highest BCUT2D eigenvalue weighted by molar-refractivity contribution is 5.37. The number of aromatic nitrogens is 2. The molecule has 0 fully saturated rings. The molecule has 1 aromatic heterocycles. The third kappa shape index (κ3) is 4.58. The summed E-state index contributed by atoms with van der Waals surface area (Å²) >= 11 is 0. The quantitative estimate of drug-likeness (QED) is 0.543. The summed E-state index contributed by atoms with van der Waals surface area (Å²) in [7, 11) is 0. The number of rotatable bonds is 6. The van der Waals surface area contributed by atoms with Gasteiger partial charge in [-0.1, -0.05) is 18.2 Å². The summed E-state index contributed by atoms with van der Waals surface area (Å²) in [5, 5.41) is 1.51. The van der Waals surface area contributed by atoms with Gasteiger partial charge in [-0.25, -0.2) is 15.8 Å². The number of para-hydroxylation sites is 1. The standard InChI is InChI=1S/C16H22N6O/c1-11(15(17)10-23-14-6-4-3-5-7-14)22(19)9-13-8-20-12(2)21-16(13)18/h3-8H,9-10,17,19H2,1-2H3,(H2,18,20,21)/b15-11-. The molecule has 6 N–H and O–H groups in total. The second-order valence-electron chi connectivity index (χ2n) is 5.17. The topological polar surface area (TPSA) is 116 Å². The maximum Gasteiger partial charge on any atom is 0.132 e. The molecule has 2 aromatic rings. The Morgan fingerprint density at radius 2 is 1.96 bits per heavy atom. The largest absolute Gasteiger partial charge is 0.487 e. The minimum absolute atomic E-state index is 0.253. The molecule has 0 aliphatic carbocycles. The molecule has 122 valence electrons. The van der Waals surface area contributed by atoms with Crippen molar-refractivity contribution in [3.05, 3.63) is 59.3 Å². The van der Waals surface area contributed by atoms with Gasteiger partial charge in [-0.2, -0.15) is 0 Å². The van der Waals surface area contributed by atoms with E-state index in [-0.39, 0.29) is 6.61 Å². The van der Waals surface area contributed by atoms with Gasteiger partial charge in [0.25, 0.3) is 0 Å². The number of hydrogen-bond donors (Lipinski definition) is 3. The molecule has 0 saturated heterocycles. The number of ether oxygens (including phenoxy) is 1. The number of aryl methyl sites for hydroxylation is 1. The Hall–Kier alpha value is -2.80. The van der Waals surface area contributed by atoms with Crippen LogP contribution in [0.1, 0.15) is 18.3 Å². The first-order valence-corrected chi connectivity index (χ1v) is 7.20. The SMILES string of the molecule is C/C(=C(/N)COc1ccccc1)N(N)Cc1cnc(C)nc1N. The molecule has 0 atom stereocenters. The lowest BCUT2D eigenvalue weighted by molar-refractivity contribution is 0.318. The van der Waals surface area contributed by atoms with Crippen molar-refractivity contribution < 1.29 is 4.74 Å². The molecule has 0 bridgehead atoms. The van der Waals surface area contributed by atoms with Crippen LogP contribution in [-0.2, 0) is 6.54 Å². The van der Waals surface area contributed by atoms with Crippen molar-refractivity contribution in [2.45, 2.75) is 20.4 Å². The van der Waals surface area contributed by atoms with Crippen LogP contribution in [0.4, 0.5) is 5.82 Å². The molecule has 1 heterocycles. The second kappa shape index (κ2) is 7.46. The number of nitrogens with zero attached hydrogens (tertiary/aromatic N) is 3. The zero-order valence-electron chi connectivity index (χ0n) is 13.4. The Morgan fingerprint density at radius 3 is 2.61 bits per heavy atom. The smallest absolute Gasteiger partial charge is 0.132 e. The maximum absolute atomic E-state index is 6.05. The summed E-state index contributed by atoms with van der Waals surface area (Å²) in [5.74, 6) is 7.85. The van der Waals surface area contributed by atoms with Crippen molar-refractivity contribution in [3.8, 4) is 5.75 Å². The van der Waals surface area contributed by atoms with E-state index in [1.54, 1.807) is 13.1 Å². The normalized spacial score (nSPS) is 11.8. The zero-order chi connectivity index (χ0) is 16.8. The van der Waals surface area contributed by atoms with E-state index >= 15 is 0 Å². The van der Waals surface area contributed by atoms with Crippen LogP contribution in [0.15, 0.2) is 47.9 Å². The summed E-state index contributed by atoms with van der Waals surface area (Å²) in [6, 6.07) is 9.46. The lowest BCUT2D eigenvalue weighted by atomic mass is 10.2. The number of hydrogen-bond acceptors (Lipinski definition) is 7. The molecular weight excluding hydrogens is 292 g/mol. The summed E-state index contributed by atoms with van der Waals surface area (Å²) in [6.45, 7) is 4.23. The monoisotopic (exact) mass is 314 g/mol. The van der Waals surface area contributed by atoms with E-state index in [0.29, 0.717) is 29.6 Å². The highest BCUT2D eigenvalue weighted by atomic mass is 16.5. The van der Waals surface area contributed by atoms with E-state index in [2.05, 4.69) is 9.97 Å². The summed E-state index contributed by atoms with van der Waals surface area (Å²) < 4.78 is 5.61. The Balaban J connectivity index is 2.00. The van der Waals surface area contributed by atoms with Crippen LogP contribution in [0.3, 0.4) is 0 Å². The predicted octanol–water partition coefficient (Wildman–Crippen LogP) is 1.31. The van der Waals surface area contributed by atoms with Crippen LogP contribution in [0.5, 0.6) is 5.75 Å². The van der Waals surface area contributed by atoms with E-state index in [0.717, 1.165) is 11.3 Å². The van der Waals surface area contributed by atoms with Gasteiger partial charge in [0.15, 0.2) is 0 Å². The van der Waals surface area contributed by atoms with E-state index < -0.39 is 0 Å². The fourth-order valence-corrected chi connectivity index (χ4v) is 1.90. The van der Waals surface area contributed by atoms with Crippen LogP contribution in [0.25, 0.3) is 0 Å². The molecule has 0 amide bonds. The molecule has 2 rings (SSSR count). The Morgan fingerprint density at radius 1 is 1.26 bits per heavy atom. The van der Waals surface area contributed by atoms with Gasteiger partial charge in [-0.3, -0.25) is 0 Å². The maximum atomic E-state index is 6.05. The van der Waals surface area contributed by atoms with E-state index in [1.807, 2.05) is 37.3 Å². The highest BCUT2D eigenvalue weighted by Crippen LogP contribution is 2.14. The minimum Gasteiger partial charge on any atom is -0.487 e. The van der Waals surface area contributed by atoms with Gasteiger partial charge < -0.3 is 21.2 Å². The second-order valence-corrected chi connectivity index (χ2v) is 5.17. The van der Waals surface area contributed by atoms with Gasteiger partial charge in [0.2, 0.25) is 0 Å². The number of hydrazine groups is 1. The third-order valence-corrected chi connectivity index (χ3v) is 3.39. The van der Waals surface area contributed by atoms with E-state index in [9.17, 15) is 0 Å². The van der Waals surface area contributed by atoms with Crippen LogP contribution in [0, 0.1) is 6.92 Å². The van der Waals surface area contributed by atoms with Gasteiger partial charge >= 0.3 is 0 Å². The summed E-state index contributed by atoms with van der Waals surface area (Å²) in [4.78, 5) is 8.25. The van der Waals surface area contributed by atoms with Crippen molar-refractivity contribution in [2.75, 3.05) is 12.3 Å². The van der Waals surface area contributed by atoms with Crippen LogP contribution in [0.2, 0.25) is 0 Å². The molecule has 0 spiro atoms. The molecule has 0 aliphatic rings. The number of benzene rings is 1. The fourth-order valence-electron chi connectivity index (χ4n) is 1.90. The van der Waals surface area contributed by atoms with Crippen LogP contribution < -0.4 is 22.0 Å². The predicted molar refractivity (Wildman–Crippen MR) is 89.7 cm³/mol. The van der Waals surface area contributed by atoms with Crippen LogP contribution >= 0.6 is 0 Å². The van der Waals surface area contributed by atoms with Crippen molar-refractivity contribution in [3.63, 3.8) is 0 Å². The Labute approximate surface area is 135 Å². The Kier molecular flexibility index (Phi) is 5.37. The van der Waals surface area contributed by atoms with E-state index in [4.69, 9.17) is 22.0 Å². The number of anilines is 1. The van der Waals surface area contributed by atoms with Gasteiger partial charge in [0, 0.05) is 17.5 Å². The third-order valence-electron chi connectivity index (χ3n) is 3.39. The van der Waals surface area contributed by atoms with E-state index in [1.165, 1.54) is 5.01 Å². The number of nitrogen functional groups attached to an aromatic ring is 1. The van der Waals surface area contributed by atoms with Gasteiger partial charge in [0.05, 0.1) is 12.2 Å².